The first-order valence-corrected chi connectivity index (χ1v) is 9.52. The summed E-state index contributed by atoms with van der Waals surface area (Å²) in [5, 5.41) is 3.28. The average molecular weight is 328 g/mol. The lowest BCUT2D eigenvalue weighted by molar-refractivity contribution is -0.133. The monoisotopic (exact) mass is 328 g/mol. The van der Waals surface area contributed by atoms with Gasteiger partial charge < -0.3 is 10.1 Å². The van der Waals surface area contributed by atoms with E-state index in [0.29, 0.717) is 12.5 Å². The maximum absolute atomic E-state index is 13.0. The van der Waals surface area contributed by atoms with Crippen LogP contribution in [-0.4, -0.2) is 42.6 Å². The van der Waals surface area contributed by atoms with Crippen LogP contribution in [0.2, 0.25) is 0 Å². The van der Waals surface area contributed by atoms with Crippen molar-refractivity contribution in [2.45, 2.75) is 50.5 Å². The molecule has 1 aliphatic carbocycles. The van der Waals surface area contributed by atoms with E-state index in [1.165, 1.54) is 31.2 Å². The molecule has 0 bridgehead atoms. The van der Waals surface area contributed by atoms with E-state index in [2.05, 4.69) is 22.3 Å². The highest BCUT2D eigenvalue weighted by molar-refractivity contribution is 5.86. The number of benzene rings is 1. The average Bonchev–Trinajstić information content (AvgIpc) is 3.31. The SMILES string of the molecule is O=C(NC[C@@H]1COc2ccccc2C1)C1(N2CCCC2)CCCC1. The Labute approximate surface area is 144 Å². The molecule has 0 spiro atoms. The van der Waals surface area contributed by atoms with Gasteiger partial charge >= 0.3 is 0 Å². The smallest absolute Gasteiger partial charge is 0.240 e. The first-order chi connectivity index (χ1) is 11.8. The van der Waals surface area contributed by atoms with Crippen molar-refractivity contribution in [3.8, 4) is 5.75 Å². The molecular weight excluding hydrogens is 300 g/mol. The van der Waals surface area contributed by atoms with E-state index in [4.69, 9.17) is 4.74 Å². The molecule has 1 amide bonds. The van der Waals surface area contributed by atoms with Gasteiger partial charge in [0.05, 0.1) is 6.61 Å². The lowest BCUT2D eigenvalue weighted by atomic mass is 9.92. The van der Waals surface area contributed by atoms with Crippen molar-refractivity contribution in [3.63, 3.8) is 0 Å². The molecule has 3 aliphatic rings. The zero-order chi connectivity index (χ0) is 16.4. The van der Waals surface area contributed by atoms with Crippen molar-refractivity contribution in [1.29, 1.82) is 0 Å². The first kappa shape index (κ1) is 15.9. The summed E-state index contributed by atoms with van der Waals surface area (Å²) in [5.41, 5.74) is 1.04. The van der Waals surface area contributed by atoms with Gasteiger partial charge in [0.25, 0.3) is 0 Å². The summed E-state index contributed by atoms with van der Waals surface area (Å²) in [6.07, 6.45) is 7.90. The standard InChI is InChI=1S/C20H28N2O2/c23-19(20(9-3-4-10-20)22-11-5-6-12-22)21-14-16-13-17-7-1-2-8-18(17)24-15-16/h1-2,7-8,16H,3-6,9-15H2,(H,21,23)/t16-/m1/s1. The zero-order valence-corrected chi connectivity index (χ0v) is 14.4. The molecule has 1 N–H and O–H groups in total. The minimum absolute atomic E-state index is 0.218. The van der Waals surface area contributed by atoms with Crippen molar-refractivity contribution in [2.75, 3.05) is 26.2 Å². The topological polar surface area (TPSA) is 41.6 Å². The second-order valence-corrected chi connectivity index (χ2v) is 7.63. The van der Waals surface area contributed by atoms with Crippen LogP contribution in [0.4, 0.5) is 0 Å². The fourth-order valence-corrected chi connectivity index (χ4v) is 4.72. The molecule has 2 aliphatic heterocycles. The molecule has 4 rings (SSSR count). The second-order valence-electron chi connectivity index (χ2n) is 7.63. The fraction of sp³-hybridized carbons (Fsp3) is 0.650. The van der Waals surface area contributed by atoms with Crippen molar-refractivity contribution < 1.29 is 9.53 Å². The highest BCUT2D eigenvalue weighted by Gasteiger charge is 2.46. The zero-order valence-electron chi connectivity index (χ0n) is 14.4. The number of amides is 1. The molecule has 24 heavy (non-hydrogen) atoms. The van der Waals surface area contributed by atoms with Crippen molar-refractivity contribution in [2.24, 2.45) is 5.92 Å². The van der Waals surface area contributed by atoms with Gasteiger partial charge in [0.2, 0.25) is 5.91 Å². The number of para-hydroxylation sites is 1. The van der Waals surface area contributed by atoms with Gasteiger partial charge in [0.15, 0.2) is 0 Å². The van der Waals surface area contributed by atoms with E-state index in [9.17, 15) is 4.79 Å². The Bertz CT molecular complexity index is 589. The van der Waals surface area contributed by atoms with Gasteiger partial charge in [0.1, 0.15) is 11.3 Å². The third kappa shape index (κ3) is 2.92. The fourth-order valence-electron chi connectivity index (χ4n) is 4.72. The van der Waals surface area contributed by atoms with Gasteiger partial charge in [0, 0.05) is 12.5 Å². The Balaban J connectivity index is 1.37. The van der Waals surface area contributed by atoms with Gasteiger partial charge in [-0.2, -0.15) is 0 Å². The number of nitrogens with zero attached hydrogens (tertiary/aromatic N) is 1. The summed E-state index contributed by atoms with van der Waals surface area (Å²) in [5.74, 6) is 1.64. The Morgan fingerprint density at radius 2 is 1.92 bits per heavy atom. The first-order valence-electron chi connectivity index (χ1n) is 9.52. The van der Waals surface area contributed by atoms with Crippen LogP contribution in [0.15, 0.2) is 24.3 Å². The lowest BCUT2D eigenvalue weighted by Crippen LogP contribution is -2.57. The molecule has 1 aromatic carbocycles. The summed E-state index contributed by atoms with van der Waals surface area (Å²) >= 11 is 0. The summed E-state index contributed by atoms with van der Waals surface area (Å²) in [4.78, 5) is 15.5. The predicted molar refractivity (Wildman–Crippen MR) is 94.1 cm³/mol. The van der Waals surface area contributed by atoms with Crippen LogP contribution in [0, 0.1) is 5.92 Å². The number of likely N-dealkylation sites (tertiary alicyclic amines) is 1. The molecule has 4 heteroatoms. The number of nitrogens with one attached hydrogen (secondary N) is 1. The van der Waals surface area contributed by atoms with Gasteiger partial charge in [-0.3, -0.25) is 9.69 Å². The van der Waals surface area contributed by atoms with Crippen LogP contribution in [0.25, 0.3) is 0 Å². The van der Waals surface area contributed by atoms with E-state index in [1.807, 2.05) is 12.1 Å². The van der Waals surface area contributed by atoms with Crippen molar-refractivity contribution >= 4 is 5.91 Å². The van der Waals surface area contributed by atoms with Crippen LogP contribution >= 0.6 is 0 Å². The molecule has 4 nitrogen and oxygen atoms in total. The van der Waals surface area contributed by atoms with Gasteiger partial charge in [-0.25, -0.2) is 0 Å². The molecule has 0 radical (unpaired) electrons. The largest absolute Gasteiger partial charge is 0.493 e. The van der Waals surface area contributed by atoms with E-state index in [0.717, 1.165) is 44.6 Å². The quantitative estimate of drug-likeness (QED) is 0.924. The van der Waals surface area contributed by atoms with Crippen molar-refractivity contribution in [1.82, 2.24) is 10.2 Å². The van der Waals surface area contributed by atoms with Gasteiger partial charge in [-0.1, -0.05) is 31.0 Å². The third-order valence-corrected chi connectivity index (χ3v) is 6.07. The minimum atomic E-state index is -0.218. The van der Waals surface area contributed by atoms with Crippen LogP contribution in [0.3, 0.4) is 0 Å². The number of hydrogen-bond donors (Lipinski definition) is 1. The third-order valence-electron chi connectivity index (χ3n) is 6.07. The summed E-state index contributed by atoms with van der Waals surface area (Å²) in [6, 6.07) is 8.24. The van der Waals surface area contributed by atoms with E-state index >= 15 is 0 Å². The molecule has 1 saturated heterocycles. The van der Waals surface area contributed by atoms with E-state index in [-0.39, 0.29) is 11.4 Å². The Morgan fingerprint density at radius 3 is 2.71 bits per heavy atom. The molecule has 0 aromatic heterocycles. The molecule has 1 atom stereocenters. The molecule has 0 unspecified atom stereocenters. The minimum Gasteiger partial charge on any atom is -0.493 e. The second kappa shape index (κ2) is 6.75. The number of carbonyl (C=O) groups is 1. The number of rotatable bonds is 4. The van der Waals surface area contributed by atoms with Gasteiger partial charge in [-0.15, -0.1) is 0 Å². The predicted octanol–water partition coefficient (Wildman–Crippen LogP) is 2.76. The molecule has 2 fully saturated rings. The maximum Gasteiger partial charge on any atom is 0.240 e. The number of carbonyl (C=O) groups excluding carboxylic acids is 1. The van der Waals surface area contributed by atoms with Gasteiger partial charge in [-0.05, 0) is 56.8 Å². The van der Waals surface area contributed by atoms with Crippen LogP contribution in [0.1, 0.15) is 44.1 Å². The van der Waals surface area contributed by atoms with E-state index in [1.54, 1.807) is 0 Å². The highest BCUT2D eigenvalue weighted by Crippen LogP contribution is 2.37. The summed E-state index contributed by atoms with van der Waals surface area (Å²) in [6.45, 7) is 3.61. The Hall–Kier alpha value is -1.55. The van der Waals surface area contributed by atoms with Crippen LogP contribution < -0.4 is 10.1 Å². The molecular formula is C20H28N2O2. The highest BCUT2D eigenvalue weighted by atomic mass is 16.5. The number of fused-ring (bicyclic) bond motifs is 1. The van der Waals surface area contributed by atoms with Crippen LogP contribution in [-0.2, 0) is 11.2 Å². The normalized spacial score (nSPS) is 25.9. The number of hydrogen-bond acceptors (Lipinski definition) is 3. The van der Waals surface area contributed by atoms with Crippen LogP contribution in [0.5, 0.6) is 5.75 Å². The lowest BCUT2D eigenvalue weighted by Gasteiger charge is -2.37. The maximum atomic E-state index is 13.0. The molecule has 130 valence electrons. The van der Waals surface area contributed by atoms with E-state index < -0.39 is 0 Å². The molecule has 1 aromatic rings. The number of ether oxygens (including phenoxy) is 1. The Kier molecular flexibility index (Phi) is 4.49. The van der Waals surface area contributed by atoms with Crippen molar-refractivity contribution in [3.05, 3.63) is 29.8 Å². The molecule has 2 heterocycles. The molecule has 1 saturated carbocycles. The Morgan fingerprint density at radius 1 is 1.17 bits per heavy atom. The summed E-state index contributed by atoms with van der Waals surface area (Å²) < 4.78 is 5.86. The summed E-state index contributed by atoms with van der Waals surface area (Å²) in [7, 11) is 0.